The van der Waals surface area contributed by atoms with Gasteiger partial charge >= 0.3 is 0 Å². The number of carbonyl (C=O) groups excluding carboxylic acids is 2. The van der Waals surface area contributed by atoms with Gasteiger partial charge in [0, 0.05) is 19.2 Å². The van der Waals surface area contributed by atoms with Crippen molar-refractivity contribution in [1.29, 1.82) is 0 Å². The standard InChI is InChI=1S/C26H35N3O6S/c1-4-6-15-27-26(31)22(5-2)28(16-14-20-10-8-7-9-11-20)25(30)18-29(36(3,32)33)21-12-13-23-24(17-21)35-19-34-23/h7-13,17,22H,4-6,14-16,18-19H2,1-3H3,(H,27,31)/t22-/m1/s1. The topological polar surface area (TPSA) is 105 Å². The van der Waals surface area contributed by atoms with Gasteiger partial charge in [-0.05, 0) is 37.0 Å². The molecule has 0 unspecified atom stereocenters. The summed E-state index contributed by atoms with van der Waals surface area (Å²) in [5, 5.41) is 2.92. The lowest BCUT2D eigenvalue weighted by Crippen LogP contribution is -2.53. The second-order valence-electron chi connectivity index (χ2n) is 8.70. The van der Waals surface area contributed by atoms with Gasteiger partial charge in [-0.3, -0.25) is 13.9 Å². The maximum absolute atomic E-state index is 13.6. The van der Waals surface area contributed by atoms with Crippen LogP contribution in [-0.4, -0.2) is 63.9 Å². The number of unbranched alkanes of at least 4 members (excludes halogenated alkanes) is 1. The fraction of sp³-hybridized carbons (Fsp3) is 0.462. The molecule has 0 fully saturated rings. The second-order valence-corrected chi connectivity index (χ2v) is 10.6. The first kappa shape index (κ1) is 27.3. The number of fused-ring (bicyclic) bond motifs is 1. The first-order valence-electron chi connectivity index (χ1n) is 12.2. The summed E-state index contributed by atoms with van der Waals surface area (Å²) in [5.41, 5.74) is 1.31. The van der Waals surface area contributed by atoms with E-state index in [1.165, 1.54) is 4.90 Å². The van der Waals surface area contributed by atoms with Gasteiger partial charge in [-0.15, -0.1) is 0 Å². The highest BCUT2D eigenvalue weighted by molar-refractivity contribution is 7.92. The summed E-state index contributed by atoms with van der Waals surface area (Å²) in [4.78, 5) is 28.2. The summed E-state index contributed by atoms with van der Waals surface area (Å²) in [5.74, 6) is 0.238. The number of rotatable bonds is 13. The van der Waals surface area contributed by atoms with Gasteiger partial charge in [-0.2, -0.15) is 0 Å². The first-order valence-corrected chi connectivity index (χ1v) is 14.1. The number of hydrogen-bond donors (Lipinski definition) is 1. The minimum absolute atomic E-state index is 0.0508. The largest absolute Gasteiger partial charge is 0.454 e. The molecule has 0 spiro atoms. The summed E-state index contributed by atoms with van der Waals surface area (Å²) >= 11 is 0. The Hall–Kier alpha value is -3.27. The molecule has 1 N–H and O–H groups in total. The SMILES string of the molecule is CCCCNC(=O)[C@@H](CC)N(CCc1ccccc1)C(=O)CN(c1ccc2c(c1)OCO2)S(C)(=O)=O. The van der Waals surface area contributed by atoms with Crippen molar-refractivity contribution < 1.29 is 27.5 Å². The Kier molecular flexibility index (Phi) is 9.58. The van der Waals surface area contributed by atoms with E-state index in [4.69, 9.17) is 9.47 Å². The molecule has 2 aromatic carbocycles. The van der Waals surface area contributed by atoms with Crippen molar-refractivity contribution in [2.24, 2.45) is 0 Å². The molecule has 2 amide bonds. The Morgan fingerprint density at radius 3 is 2.44 bits per heavy atom. The van der Waals surface area contributed by atoms with Gasteiger partial charge in [0.2, 0.25) is 28.6 Å². The molecule has 196 valence electrons. The Labute approximate surface area is 213 Å². The zero-order valence-corrected chi connectivity index (χ0v) is 21.9. The molecule has 0 saturated heterocycles. The average molecular weight is 518 g/mol. The number of anilines is 1. The zero-order chi connectivity index (χ0) is 26.1. The van der Waals surface area contributed by atoms with Crippen molar-refractivity contribution in [2.75, 3.05) is 37.0 Å². The lowest BCUT2D eigenvalue weighted by Gasteiger charge is -2.33. The van der Waals surface area contributed by atoms with Gasteiger partial charge in [0.15, 0.2) is 11.5 Å². The lowest BCUT2D eigenvalue weighted by atomic mass is 10.1. The number of nitrogens with one attached hydrogen (secondary N) is 1. The molecule has 9 nitrogen and oxygen atoms in total. The van der Waals surface area contributed by atoms with E-state index in [0.717, 1.165) is 29.0 Å². The predicted molar refractivity (Wildman–Crippen MR) is 139 cm³/mol. The maximum atomic E-state index is 13.6. The quantitative estimate of drug-likeness (QED) is 0.410. The average Bonchev–Trinajstić information content (AvgIpc) is 3.33. The maximum Gasteiger partial charge on any atom is 0.244 e. The number of hydrogen-bond acceptors (Lipinski definition) is 6. The predicted octanol–water partition coefficient (Wildman–Crippen LogP) is 2.95. The van der Waals surface area contributed by atoms with Gasteiger partial charge < -0.3 is 19.7 Å². The van der Waals surface area contributed by atoms with E-state index in [2.05, 4.69) is 5.32 Å². The van der Waals surface area contributed by atoms with Gasteiger partial charge in [0.1, 0.15) is 12.6 Å². The van der Waals surface area contributed by atoms with Gasteiger partial charge in [0.25, 0.3) is 0 Å². The molecule has 10 heteroatoms. The molecular formula is C26H35N3O6S. The Morgan fingerprint density at radius 2 is 1.78 bits per heavy atom. The highest BCUT2D eigenvalue weighted by Gasteiger charge is 2.31. The molecule has 1 aliphatic heterocycles. The number of carbonyl (C=O) groups is 2. The van der Waals surface area contributed by atoms with Crippen LogP contribution in [0.5, 0.6) is 11.5 Å². The highest BCUT2D eigenvalue weighted by Crippen LogP contribution is 2.36. The van der Waals surface area contributed by atoms with Crippen molar-refractivity contribution in [3.63, 3.8) is 0 Å². The Morgan fingerprint density at radius 1 is 1.06 bits per heavy atom. The molecule has 1 atom stereocenters. The molecule has 0 radical (unpaired) electrons. The van der Waals surface area contributed by atoms with Gasteiger partial charge in [-0.25, -0.2) is 8.42 Å². The lowest BCUT2D eigenvalue weighted by molar-refractivity contribution is -0.139. The Balaban J connectivity index is 1.86. The number of sulfonamides is 1. The normalized spacial score (nSPS) is 13.2. The van der Waals surface area contributed by atoms with Crippen LogP contribution in [0, 0.1) is 0 Å². The van der Waals surface area contributed by atoms with E-state index in [1.807, 2.05) is 44.2 Å². The van der Waals surface area contributed by atoms with E-state index >= 15 is 0 Å². The summed E-state index contributed by atoms with van der Waals surface area (Å²) in [6.45, 7) is 4.30. The highest BCUT2D eigenvalue weighted by atomic mass is 32.2. The van der Waals surface area contributed by atoms with E-state index in [0.29, 0.717) is 36.6 Å². The molecule has 0 bridgehead atoms. The third-order valence-corrected chi connectivity index (χ3v) is 7.16. The van der Waals surface area contributed by atoms with Crippen LogP contribution in [0.3, 0.4) is 0 Å². The summed E-state index contributed by atoms with van der Waals surface area (Å²) in [6, 6.07) is 13.7. The zero-order valence-electron chi connectivity index (χ0n) is 21.1. The molecule has 36 heavy (non-hydrogen) atoms. The van der Waals surface area contributed by atoms with Crippen LogP contribution in [0.2, 0.25) is 0 Å². The van der Waals surface area contributed by atoms with Crippen LogP contribution in [0.4, 0.5) is 5.69 Å². The Bertz CT molecular complexity index is 1140. The van der Waals surface area contributed by atoms with Crippen LogP contribution >= 0.6 is 0 Å². The summed E-state index contributed by atoms with van der Waals surface area (Å²) < 4.78 is 37.2. The summed E-state index contributed by atoms with van der Waals surface area (Å²) in [6.07, 6.45) is 3.77. The van der Waals surface area contributed by atoms with Crippen LogP contribution in [0.25, 0.3) is 0 Å². The molecule has 2 aromatic rings. The van der Waals surface area contributed by atoms with Gasteiger partial charge in [0.05, 0.1) is 11.9 Å². The smallest absolute Gasteiger partial charge is 0.244 e. The van der Waals surface area contributed by atoms with E-state index in [-0.39, 0.29) is 19.2 Å². The number of amides is 2. The number of benzene rings is 2. The van der Waals surface area contributed by atoms with Crippen LogP contribution in [0.1, 0.15) is 38.7 Å². The van der Waals surface area contributed by atoms with Crippen molar-refractivity contribution in [2.45, 2.75) is 45.6 Å². The molecule has 1 heterocycles. The van der Waals surface area contributed by atoms with Crippen molar-refractivity contribution in [3.05, 3.63) is 54.1 Å². The molecule has 0 saturated carbocycles. The minimum atomic E-state index is -3.81. The number of nitrogens with zero attached hydrogens (tertiary/aromatic N) is 2. The molecule has 3 rings (SSSR count). The first-order chi connectivity index (χ1) is 17.2. The second kappa shape index (κ2) is 12.6. The fourth-order valence-corrected chi connectivity index (χ4v) is 4.90. The van der Waals surface area contributed by atoms with E-state index in [9.17, 15) is 18.0 Å². The van der Waals surface area contributed by atoms with E-state index < -0.39 is 28.5 Å². The van der Waals surface area contributed by atoms with Crippen LogP contribution < -0.4 is 19.1 Å². The monoisotopic (exact) mass is 517 g/mol. The molecule has 0 aromatic heterocycles. The van der Waals surface area contributed by atoms with Crippen molar-refractivity contribution in [3.8, 4) is 11.5 Å². The molecule has 0 aliphatic carbocycles. The van der Waals surface area contributed by atoms with Crippen LogP contribution in [-0.2, 0) is 26.0 Å². The fourth-order valence-electron chi connectivity index (χ4n) is 4.06. The molecular weight excluding hydrogens is 482 g/mol. The summed E-state index contributed by atoms with van der Waals surface area (Å²) in [7, 11) is -3.81. The van der Waals surface area contributed by atoms with Crippen LogP contribution in [0.15, 0.2) is 48.5 Å². The minimum Gasteiger partial charge on any atom is -0.454 e. The third kappa shape index (κ3) is 7.13. The van der Waals surface area contributed by atoms with Gasteiger partial charge in [-0.1, -0.05) is 50.6 Å². The number of ether oxygens (including phenoxy) is 2. The van der Waals surface area contributed by atoms with Crippen molar-refractivity contribution in [1.82, 2.24) is 10.2 Å². The molecule has 1 aliphatic rings. The third-order valence-electron chi connectivity index (χ3n) is 6.02. The van der Waals surface area contributed by atoms with Crippen molar-refractivity contribution >= 4 is 27.5 Å². The van der Waals surface area contributed by atoms with E-state index in [1.54, 1.807) is 18.2 Å².